The number of ketones is 2. The van der Waals surface area contributed by atoms with E-state index in [0.29, 0.717) is 33.2 Å². The summed E-state index contributed by atoms with van der Waals surface area (Å²) in [6.07, 6.45) is -0.796. The molecule has 5 aromatic carbocycles. The first-order valence-corrected chi connectivity index (χ1v) is 16.0. The molecular formula is C36H26ClNO5S2. The third kappa shape index (κ3) is 9.43. The number of carbonyl (C=O) groups excluding carboxylic acids is 3. The van der Waals surface area contributed by atoms with E-state index >= 15 is 0 Å². The zero-order valence-electron chi connectivity index (χ0n) is 23.8. The van der Waals surface area contributed by atoms with Gasteiger partial charge >= 0.3 is 6.16 Å². The Kier molecular flexibility index (Phi) is 11.2. The summed E-state index contributed by atoms with van der Waals surface area (Å²) in [7, 11) is 0. The fourth-order valence-electron chi connectivity index (χ4n) is 4.10. The average Bonchev–Trinajstić information content (AvgIpc) is 3.08. The van der Waals surface area contributed by atoms with Crippen molar-refractivity contribution in [3.63, 3.8) is 0 Å². The summed E-state index contributed by atoms with van der Waals surface area (Å²) in [6.45, 7) is 0. The highest BCUT2D eigenvalue weighted by molar-refractivity contribution is 7.99. The molecule has 0 spiro atoms. The minimum atomic E-state index is -1.04. The summed E-state index contributed by atoms with van der Waals surface area (Å²) in [6, 6.07) is 39.5. The Morgan fingerprint density at radius 3 is 1.78 bits per heavy atom. The van der Waals surface area contributed by atoms with Gasteiger partial charge in [0.15, 0.2) is 5.78 Å². The second-order valence-corrected chi connectivity index (χ2v) is 12.3. The van der Waals surface area contributed by atoms with E-state index < -0.39 is 6.16 Å². The number of para-hydroxylation sites is 1. The highest BCUT2D eigenvalue weighted by Crippen LogP contribution is 2.29. The van der Waals surface area contributed by atoms with Crippen molar-refractivity contribution in [2.24, 2.45) is 5.16 Å². The third-order valence-corrected chi connectivity index (χ3v) is 8.64. The fourth-order valence-corrected chi connectivity index (χ4v) is 5.90. The number of thioether (sulfide) groups is 1. The molecule has 9 heteroatoms. The summed E-state index contributed by atoms with van der Waals surface area (Å²) in [4.78, 5) is 46.2. The van der Waals surface area contributed by atoms with Gasteiger partial charge in [0, 0.05) is 48.6 Å². The summed E-state index contributed by atoms with van der Waals surface area (Å²) >= 11 is 9.02. The molecule has 0 saturated heterocycles. The van der Waals surface area contributed by atoms with E-state index in [9.17, 15) is 14.4 Å². The van der Waals surface area contributed by atoms with Crippen molar-refractivity contribution in [2.45, 2.75) is 21.1 Å². The number of ether oxygens (including phenoxy) is 1. The number of carbonyl (C=O) groups is 3. The number of nitrogens with zero attached hydrogens (tertiary/aromatic N) is 1. The van der Waals surface area contributed by atoms with Gasteiger partial charge in [0.05, 0.1) is 0 Å². The van der Waals surface area contributed by atoms with Crippen molar-refractivity contribution in [1.29, 1.82) is 0 Å². The molecule has 5 rings (SSSR count). The van der Waals surface area contributed by atoms with Crippen LogP contribution in [0.25, 0.3) is 0 Å². The van der Waals surface area contributed by atoms with Gasteiger partial charge in [0.25, 0.3) is 0 Å². The zero-order valence-corrected chi connectivity index (χ0v) is 26.2. The van der Waals surface area contributed by atoms with Crippen LogP contribution in [0.3, 0.4) is 0 Å². The number of halogens is 1. The molecule has 0 unspecified atom stereocenters. The molecule has 0 aliphatic heterocycles. The van der Waals surface area contributed by atoms with Crippen LogP contribution in [-0.4, -0.2) is 29.2 Å². The lowest BCUT2D eigenvalue weighted by Crippen LogP contribution is -2.18. The quantitative estimate of drug-likeness (QED) is 0.0253. The molecule has 0 fully saturated rings. The first kappa shape index (κ1) is 31.8. The monoisotopic (exact) mass is 651 g/mol. The lowest BCUT2D eigenvalue weighted by Gasteiger charge is -2.08. The molecule has 0 radical (unpaired) electrons. The molecule has 224 valence electrons. The number of oxime groups is 1. The summed E-state index contributed by atoms with van der Waals surface area (Å²) in [5.41, 5.74) is 1.74. The van der Waals surface area contributed by atoms with Gasteiger partial charge in [-0.05, 0) is 84.9 Å². The number of benzene rings is 5. The van der Waals surface area contributed by atoms with E-state index in [0.717, 1.165) is 14.7 Å². The van der Waals surface area contributed by atoms with Crippen molar-refractivity contribution in [1.82, 2.24) is 0 Å². The van der Waals surface area contributed by atoms with Gasteiger partial charge in [-0.1, -0.05) is 77.0 Å². The first-order valence-electron chi connectivity index (χ1n) is 13.9. The van der Waals surface area contributed by atoms with Gasteiger partial charge in [-0.3, -0.25) is 14.4 Å². The molecule has 0 aliphatic carbocycles. The van der Waals surface area contributed by atoms with Crippen molar-refractivity contribution >= 4 is 58.6 Å². The van der Waals surface area contributed by atoms with Crippen LogP contribution in [0.15, 0.2) is 153 Å². The van der Waals surface area contributed by atoms with E-state index in [1.807, 2.05) is 66.7 Å². The normalized spacial score (nSPS) is 11.1. The Hall–Kier alpha value is -4.63. The molecule has 45 heavy (non-hydrogen) atoms. The molecule has 0 atom stereocenters. The second-order valence-electron chi connectivity index (χ2n) is 9.52. The van der Waals surface area contributed by atoms with Gasteiger partial charge in [0.1, 0.15) is 11.5 Å². The maximum atomic E-state index is 13.5. The predicted octanol–water partition coefficient (Wildman–Crippen LogP) is 9.66. The number of hydrogen-bond donors (Lipinski definition) is 0. The maximum Gasteiger partial charge on any atom is 0.540 e. The predicted molar refractivity (Wildman–Crippen MR) is 179 cm³/mol. The Balaban J connectivity index is 1.24. The van der Waals surface area contributed by atoms with Crippen LogP contribution < -0.4 is 4.74 Å². The topological polar surface area (TPSA) is 82.0 Å². The minimum Gasteiger partial charge on any atom is -0.393 e. The Bertz CT molecular complexity index is 1780. The van der Waals surface area contributed by atoms with Crippen LogP contribution in [0.4, 0.5) is 4.79 Å². The van der Waals surface area contributed by atoms with E-state index in [1.165, 1.54) is 23.5 Å². The van der Waals surface area contributed by atoms with Gasteiger partial charge in [-0.25, -0.2) is 4.79 Å². The summed E-state index contributed by atoms with van der Waals surface area (Å²) in [5, 5.41) is 4.54. The Morgan fingerprint density at radius 1 is 0.622 bits per heavy atom. The largest absolute Gasteiger partial charge is 0.540 e. The van der Waals surface area contributed by atoms with Gasteiger partial charge in [-0.15, -0.1) is 11.8 Å². The first-order chi connectivity index (χ1) is 21.9. The van der Waals surface area contributed by atoms with Gasteiger partial charge in [-0.2, -0.15) is 0 Å². The van der Waals surface area contributed by atoms with E-state index in [-0.39, 0.29) is 23.7 Å². The molecule has 0 bridgehead atoms. The molecule has 6 nitrogen and oxygen atoms in total. The highest BCUT2D eigenvalue weighted by Gasteiger charge is 2.18. The lowest BCUT2D eigenvalue weighted by atomic mass is 10.0. The Labute approximate surface area is 274 Å². The average molecular weight is 652 g/mol. The molecule has 0 saturated carbocycles. The molecule has 0 amide bonds. The van der Waals surface area contributed by atoms with Crippen LogP contribution in [0.5, 0.6) is 5.75 Å². The highest BCUT2D eigenvalue weighted by atomic mass is 35.5. The van der Waals surface area contributed by atoms with Crippen LogP contribution in [0.2, 0.25) is 5.02 Å². The second kappa shape index (κ2) is 15.9. The summed E-state index contributed by atoms with van der Waals surface area (Å²) < 4.78 is 5.13. The number of hydrogen-bond acceptors (Lipinski definition) is 8. The van der Waals surface area contributed by atoms with Crippen LogP contribution in [0, 0.1) is 0 Å². The van der Waals surface area contributed by atoms with Crippen LogP contribution in [-0.2, 0) is 4.84 Å². The van der Waals surface area contributed by atoms with Crippen molar-refractivity contribution in [2.75, 3.05) is 5.75 Å². The van der Waals surface area contributed by atoms with Crippen molar-refractivity contribution in [3.05, 3.63) is 155 Å². The van der Waals surface area contributed by atoms with Crippen molar-refractivity contribution < 1.29 is 24.0 Å². The SMILES string of the molecule is O=C(O/N=C(\CCSc1ccc(Cl)cc1)C(=O)c1ccc(Sc2ccc(C(=O)c3ccccc3)cc2)cc1)Oc1ccccc1. The summed E-state index contributed by atoms with van der Waals surface area (Å²) in [5.74, 6) is 0.422. The van der Waals surface area contributed by atoms with E-state index in [2.05, 4.69) is 5.16 Å². The van der Waals surface area contributed by atoms with E-state index in [1.54, 1.807) is 66.7 Å². The molecule has 5 aromatic rings. The minimum absolute atomic E-state index is 0.0312. The number of rotatable bonds is 12. The zero-order chi connectivity index (χ0) is 31.4. The number of Topliss-reactive ketones (excluding diaryl/α,β-unsaturated/α-hetero) is 1. The molecule has 0 aliphatic rings. The Morgan fingerprint density at radius 2 is 1.16 bits per heavy atom. The maximum absolute atomic E-state index is 13.5. The molecular weight excluding hydrogens is 626 g/mol. The third-order valence-electron chi connectivity index (χ3n) is 6.36. The van der Waals surface area contributed by atoms with Crippen LogP contribution in [0.1, 0.15) is 32.7 Å². The fraction of sp³-hybridized carbons (Fsp3) is 0.0556. The molecule has 0 N–H and O–H groups in total. The molecule has 0 aromatic heterocycles. The van der Waals surface area contributed by atoms with E-state index in [4.69, 9.17) is 21.2 Å². The van der Waals surface area contributed by atoms with Gasteiger partial charge < -0.3 is 4.74 Å². The van der Waals surface area contributed by atoms with Crippen molar-refractivity contribution in [3.8, 4) is 5.75 Å². The lowest BCUT2D eigenvalue weighted by molar-refractivity contribution is 0.0984. The molecule has 0 heterocycles. The van der Waals surface area contributed by atoms with Crippen LogP contribution >= 0.6 is 35.1 Å². The standard InChI is InChI=1S/C36H26ClNO5S2/c37-28-15-21-30(22-16-28)44-24-23-33(38-43-36(41)42-29-9-5-2-6-10-29)35(40)27-13-19-32(20-14-27)45-31-17-11-26(12-18-31)34(39)25-7-3-1-4-8-25/h1-22H,23-24H2/b38-33+. The smallest absolute Gasteiger partial charge is 0.393 e. The van der Waals surface area contributed by atoms with Gasteiger partial charge in [0.2, 0.25) is 5.78 Å².